The molecular formula is C17H25N3S. The number of nitrogens with one attached hydrogen (secondary N) is 1. The molecule has 0 aliphatic rings. The zero-order chi connectivity index (χ0) is 15.2. The lowest BCUT2D eigenvalue weighted by atomic mass is 10.2. The van der Waals surface area contributed by atoms with Gasteiger partial charge in [-0.1, -0.05) is 18.2 Å². The van der Waals surface area contributed by atoms with E-state index in [2.05, 4.69) is 73.4 Å². The van der Waals surface area contributed by atoms with Gasteiger partial charge in [-0.2, -0.15) is 0 Å². The summed E-state index contributed by atoms with van der Waals surface area (Å²) < 4.78 is 0. The Hall–Kier alpha value is -1.39. The molecule has 0 saturated carbocycles. The molecule has 1 unspecified atom stereocenters. The van der Waals surface area contributed by atoms with Gasteiger partial charge in [0, 0.05) is 30.2 Å². The summed E-state index contributed by atoms with van der Waals surface area (Å²) in [4.78, 5) is 8.16. The maximum absolute atomic E-state index is 4.50. The van der Waals surface area contributed by atoms with Crippen molar-refractivity contribution < 1.29 is 0 Å². The number of nitrogens with zero attached hydrogens (tertiary/aromatic N) is 2. The van der Waals surface area contributed by atoms with Crippen LogP contribution in [0, 0.1) is 13.8 Å². The summed E-state index contributed by atoms with van der Waals surface area (Å²) in [6.07, 6.45) is 1.13. The van der Waals surface area contributed by atoms with E-state index < -0.39 is 0 Å². The van der Waals surface area contributed by atoms with Crippen molar-refractivity contribution in [3.63, 3.8) is 0 Å². The highest BCUT2D eigenvalue weighted by Crippen LogP contribution is 2.24. The second-order valence-corrected chi connectivity index (χ2v) is 6.70. The van der Waals surface area contributed by atoms with Crippen LogP contribution in [-0.4, -0.2) is 25.1 Å². The molecule has 21 heavy (non-hydrogen) atoms. The van der Waals surface area contributed by atoms with Crippen molar-refractivity contribution in [3.8, 4) is 0 Å². The fourth-order valence-electron chi connectivity index (χ4n) is 2.49. The van der Waals surface area contributed by atoms with Crippen LogP contribution >= 0.6 is 11.3 Å². The molecule has 0 saturated heterocycles. The first-order chi connectivity index (χ1) is 10.1. The summed E-state index contributed by atoms with van der Waals surface area (Å²) in [6, 6.07) is 10.9. The van der Waals surface area contributed by atoms with E-state index in [1.807, 2.05) is 0 Å². The number of anilines is 1. The Morgan fingerprint density at radius 3 is 2.57 bits per heavy atom. The summed E-state index contributed by atoms with van der Waals surface area (Å²) in [7, 11) is 2.15. The molecule has 1 aromatic heterocycles. The number of hydrogen-bond acceptors (Lipinski definition) is 4. The SMILES string of the molecule is Cc1nc(C)c(C(C)NCCCN(C)c2ccccc2)s1. The number of rotatable bonds is 7. The molecule has 0 amide bonds. The van der Waals surface area contributed by atoms with Crippen LogP contribution in [0.1, 0.15) is 35.0 Å². The first-order valence-electron chi connectivity index (χ1n) is 7.51. The smallest absolute Gasteiger partial charge is 0.0900 e. The predicted octanol–water partition coefficient (Wildman–Crippen LogP) is 3.94. The van der Waals surface area contributed by atoms with Gasteiger partial charge in [0.05, 0.1) is 10.7 Å². The minimum absolute atomic E-state index is 0.387. The lowest BCUT2D eigenvalue weighted by Gasteiger charge is -2.20. The largest absolute Gasteiger partial charge is 0.375 e. The third kappa shape index (κ3) is 4.55. The van der Waals surface area contributed by atoms with Gasteiger partial charge < -0.3 is 10.2 Å². The van der Waals surface area contributed by atoms with Crippen molar-refractivity contribution in [2.24, 2.45) is 0 Å². The molecule has 0 radical (unpaired) electrons. The van der Waals surface area contributed by atoms with Crippen LogP contribution in [0.4, 0.5) is 5.69 Å². The van der Waals surface area contributed by atoms with E-state index in [4.69, 9.17) is 0 Å². The minimum Gasteiger partial charge on any atom is -0.375 e. The van der Waals surface area contributed by atoms with Crippen molar-refractivity contribution in [1.82, 2.24) is 10.3 Å². The summed E-state index contributed by atoms with van der Waals surface area (Å²) in [6.45, 7) is 8.48. The van der Waals surface area contributed by atoms with Crippen molar-refractivity contribution in [3.05, 3.63) is 45.9 Å². The van der Waals surface area contributed by atoms with E-state index in [-0.39, 0.29) is 0 Å². The molecule has 4 heteroatoms. The lowest BCUT2D eigenvalue weighted by molar-refractivity contribution is 0.562. The Bertz CT molecular complexity index is 550. The van der Waals surface area contributed by atoms with E-state index in [0.717, 1.165) is 24.5 Å². The Kier molecular flexibility index (Phi) is 5.76. The van der Waals surface area contributed by atoms with Crippen LogP contribution in [0.2, 0.25) is 0 Å². The molecule has 1 heterocycles. The topological polar surface area (TPSA) is 28.2 Å². The average Bonchev–Trinajstić information content (AvgIpc) is 2.83. The fourth-order valence-corrected chi connectivity index (χ4v) is 3.44. The predicted molar refractivity (Wildman–Crippen MR) is 92.3 cm³/mol. The van der Waals surface area contributed by atoms with Gasteiger partial charge in [0.15, 0.2) is 0 Å². The van der Waals surface area contributed by atoms with Gasteiger partial charge in [0.25, 0.3) is 0 Å². The number of aromatic nitrogens is 1. The van der Waals surface area contributed by atoms with Crippen molar-refractivity contribution >= 4 is 17.0 Å². The van der Waals surface area contributed by atoms with E-state index in [1.165, 1.54) is 16.3 Å². The normalized spacial score (nSPS) is 12.4. The molecule has 0 aliphatic heterocycles. The standard InChI is InChI=1S/C17H25N3S/c1-13(17-14(2)19-15(3)21-17)18-11-8-12-20(4)16-9-6-5-7-10-16/h5-7,9-10,13,18H,8,11-12H2,1-4H3. The highest BCUT2D eigenvalue weighted by molar-refractivity contribution is 7.11. The first-order valence-corrected chi connectivity index (χ1v) is 8.33. The number of thiazole rings is 1. The van der Waals surface area contributed by atoms with Crippen LogP contribution in [-0.2, 0) is 0 Å². The highest BCUT2D eigenvalue weighted by atomic mass is 32.1. The molecule has 1 atom stereocenters. The molecule has 2 aromatic rings. The van der Waals surface area contributed by atoms with Gasteiger partial charge in [-0.05, 0) is 45.9 Å². The summed E-state index contributed by atoms with van der Waals surface area (Å²) in [5.41, 5.74) is 2.44. The van der Waals surface area contributed by atoms with Crippen LogP contribution in [0.25, 0.3) is 0 Å². The van der Waals surface area contributed by atoms with Gasteiger partial charge in [-0.25, -0.2) is 4.98 Å². The number of hydrogen-bond donors (Lipinski definition) is 1. The molecule has 0 spiro atoms. The highest BCUT2D eigenvalue weighted by Gasteiger charge is 2.12. The minimum atomic E-state index is 0.387. The summed E-state index contributed by atoms with van der Waals surface area (Å²) in [5.74, 6) is 0. The summed E-state index contributed by atoms with van der Waals surface area (Å²) in [5, 5.41) is 4.76. The van der Waals surface area contributed by atoms with Gasteiger partial charge in [-0.3, -0.25) is 0 Å². The molecule has 1 aromatic carbocycles. The van der Waals surface area contributed by atoms with Crippen LogP contribution in [0.3, 0.4) is 0 Å². The third-order valence-corrected chi connectivity index (χ3v) is 4.91. The Labute approximate surface area is 132 Å². The zero-order valence-electron chi connectivity index (χ0n) is 13.4. The zero-order valence-corrected chi connectivity index (χ0v) is 14.2. The quantitative estimate of drug-likeness (QED) is 0.785. The monoisotopic (exact) mass is 303 g/mol. The lowest BCUT2D eigenvalue weighted by Crippen LogP contribution is -2.25. The second-order valence-electron chi connectivity index (χ2n) is 5.47. The Morgan fingerprint density at radius 2 is 1.95 bits per heavy atom. The third-order valence-electron chi connectivity index (χ3n) is 3.65. The molecular weight excluding hydrogens is 278 g/mol. The van der Waals surface area contributed by atoms with Gasteiger partial charge in [0.1, 0.15) is 0 Å². The van der Waals surface area contributed by atoms with Crippen molar-refractivity contribution in [2.45, 2.75) is 33.2 Å². The molecule has 3 nitrogen and oxygen atoms in total. The van der Waals surface area contributed by atoms with Gasteiger partial charge in [0.2, 0.25) is 0 Å². The van der Waals surface area contributed by atoms with Crippen LogP contribution in [0.5, 0.6) is 0 Å². The van der Waals surface area contributed by atoms with Crippen LogP contribution < -0.4 is 10.2 Å². The molecule has 1 N–H and O–H groups in total. The van der Waals surface area contributed by atoms with Gasteiger partial charge in [-0.15, -0.1) is 11.3 Å². The van der Waals surface area contributed by atoms with E-state index in [9.17, 15) is 0 Å². The molecule has 0 aliphatic carbocycles. The maximum atomic E-state index is 4.50. The fraction of sp³-hybridized carbons (Fsp3) is 0.471. The first kappa shape index (κ1) is 16.0. The number of benzene rings is 1. The van der Waals surface area contributed by atoms with E-state index in [0.29, 0.717) is 6.04 Å². The van der Waals surface area contributed by atoms with Crippen molar-refractivity contribution in [2.75, 3.05) is 25.0 Å². The van der Waals surface area contributed by atoms with Crippen molar-refractivity contribution in [1.29, 1.82) is 0 Å². The molecule has 114 valence electrons. The summed E-state index contributed by atoms with van der Waals surface area (Å²) >= 11 is 1.80. The molecule has 0 fully saturated rings. The van der Waals surface area contributed by atoms with E-state index >= 15 is 0 Å². The van der Waals surface area contributed by atoms with E-state index in [1.54, 1.807) is 11.3 Å². The Morgan fingerprint density at radius 1 is 1.24 bits per heavy atom. The number of para-hydroxylation sites is 1. The second kappa shape index (κ2) is 7.57. The van der Waals surface area contributed by atoms with Gasteiger partial charge >= 0.3 is 0 Å². The Balaban J connectivity index is 1.73. The van der Waals surface area contributed by atoms with Crippen LogP contribution in [0.15, 0.2) is 30.3 Å². The number of aryl methyl sites for hydroxylation is 2. The average molecular weight is 303 g/mol. The molecule has 2 rings (SSSR count). The maximum Gasteiger partial charge on any atom is 0.0900 e. The molecule has 0 bridgehead atoms.